The summed E-state index contributed by atoms with van der Waals surface area (Å²) in [5.41, 5.74) is 11.1. The molecule has 114 valence electrons. The number of ether oxygens (including phenoxy) is 1. The minimum atomic E-state index is 0.552. The molecule has 0 amide bonds. The van der Waals surface area contributed by atoms with Gasteiger partial charge in [0.1, 0.15) is 17.9 Å². The van der Waals surface area contributed by atoms with Crippen LogP contribution in [0.15, 0.2) is 42.2 Å². The maximum atomic E-state index is 6.01. The van der Waals surface area contributed by atoms with Gasteiger partial charge in [-0.2, -0.15) is 0 Å². The van der Waals surface area contributed by atoms with Crippen molar-refractivity contribution in [2.24, 2.45) is 0 Å². The van der Waals surface area contributed by atoms with Crippen LogP contribution < -0.4 is 15.8 Å². The molecule has 7 heteroatoms. The highest BCUT2D eigenvalue weighted by molar-refractivity contribution is 7.16. The third-order valence-electron chi connectivity index (χ3n) is 3.58. The Kier molecular flexibility index (Phi) is 3.20. The first-order valence-electron chi connectivity index (χ1n) is 6.93. The summed E-state index contributed by atoms with van der Waals surface area (Å²) < 4.78 is 6.36. The van der Waals surface area contributed by atoms with Crippen LogP contribution in [0.1, 0.15) is 0 Å². The van der Waals surface area contributed by atoms with Crippen LogP contribution >= 0.6 is 11.3 Å². The number of hydrogen-bond donors (Lipinski definition) is 2. The Bertz CT molecular complexity index is 1010. The minimum absolute atomic E-state index is 0.552. The van der Waals surface area contributed by atoms with Crippen LogP contribution in [0, 0.1) is 0 Å². The van der Waals surface area contributed by atoms with Crippen molar-refractivity contribution in [3.63, 3.8) is 0 Å². The van der Waals surface area contributed by atoms with Gasteiger partial charge >= 0.3 is 0 Å². The zero-order valence-electron chi connectivity index (χ0n) is 12.3. The Labute approximate surface area is 136 Å². The molecule has 0 aliphatic carbocycles. The van der Waals surface area contributed by atoms with Gasteiger partial charge in [-0.3, -0.25) is 0 Å². The van der Waals surface area contributed by atoms with Crippen LogP contribution in [0.2, 0.25) is 0 Å². The standard InChI is InChI=1S/C16H13N5OS/c1-22-14-6-13-10(5-11(14)17)16(19-7-18-13)21-9-2-3-12-15(4-9)23-8-20-12/h2-8H,17H2,1H3,(H,18,19,21). The molecule has 0 fully saturated rings. The summed E-state index contributed by atoms with van der Waals surface area (Å²) in [5.74, 6) is 1.31. The molecular formula is C16H13N5OS. The number of nitrogen functional groups attached to an aromatic ring is 1. The summed E-state index contributed by atoms with van der Waals surface area (Å²) in [6, 6.07) is 9.64. The van der Waals surface area contributed by atoms with E-state index in [-0.39, 0.29) is 0 Å². The number of fused-ring (bicyclic) bond motifs is 2. The number of anilines is 3. The van der Waals surface area contributed by atoms with Gasteiger partial charge in [0.05, 0.1) is 34.0 Å². The monoisotopic (exact) mass is 323 g/mol. The molecule has 0 bridgehead atoms. The smallest absolute Gasteiger partial charge is 0.143 e. The largest absolute Gasteiger partial charge is 0.495 e. The number of methoxy groups -OCH3 is 1. The zero-order chi connectivity index (χ0) is 15.8. The van der Waals surface area contributed by atoms with Gasteiger partial charge in [0, 0.05) is 17.1 Å². The van der Waals surface area contributed by atoms with E-state index in [1.807, 2.05) is 35.8 Å². The van der Waals surface area contributed by atoms with Gasteiger partial charge in [-0.05, 0) is 24.3 Å². The van der Waals surface area contributed by atoms with E-state index in [2.05, 4.69) is 20.3 Å². The number of hydrogen-bond acceptors (Lipinski definition) is 7. The van der Waals surface area contributed by atoms with Gasteiger partial charge in [-0.15, -0.1) is 11.3 Å². The number of nitrogens with two attached hydrogens (primary N) is 1. The Morgan fingerprint density at radius 3 is 2.87 bits per heavy atom. The molecule has 2 heterocycles. The van der Waals surface area contributed by atoms with Crippen LogP contribution in [-0.4, -0.2) is 22.1 Å². The SMILES string of the molecule is COc1cc2ncnc(Nc3ccc4ncsc4c3)c2cc1N. The molecule has 6 nitrogen and oxygen atoms in total. The number of benzene rings is 2. The molecule has 0 unspecified atom stereocenters. The highest BCUT2D eigenvalue weighted by Crippen LogP contribution is 2.31. The first-order chi connectivity index (χ1) is 11.2. The summed E-state index contributed by atoms with van der Waals surface area (Å²) in [5, 5.41) is 4.17. The van der Waals surface area contributed by atoms with Gasteiger partial charge in [0.2, 0.25) is 0 Å². The van der Waals surface area contributed by atoms with Gasteiger partial charge in [0.15, 0.2) is 0 Å². The molecule has 0 saturated carbocycles. The van der Waals surface area contributed by atoms with Crippen molar-refractivity contribution in [1.29, 1.82) is 0 Å². The molecule has 0 aliphatic heterocycles. The second-order valence-corrected chi connectivity index (χ2v) is 5.88. The zero-order valence-corrected chi connectivity index (χ0v) is 13.1. The lowest BCUT2D eigenvalue weighted by atomic mass is 10.2. The molecule has 4 rings (SSSR count). The quantitative estimate of drug-likeness (QED) is 0.561. The van der Waals surface area contributed by atoms with E-state index in [4.69, 9.17) is 10.5 Å². The third-order valence-corrected chi connectivity index (χ3v) is 4.37. The second kappa shape index (κ2) is 5.36. The van der Waals surface area contributed by atoms with Crippen molar-refractivity contribution < 1.29 is 4.74 Å². The van der Waals surface area contributed by atoms with Crippen LogP contribution in [0.5, 0.6) is 5.75 Å². The highest BCUT2D eigenvalue weighted by Gasteiger charge is 2.09. The van der Waals surface area contributed by atoms with Crippen molar-refractivity contribution in [2.75, 3.05) is 18.2 Å². The molecule has 4 aromatic rings. The predicted molar refractivity (Wildman–Crippen MR) is 93.4 cm³/mol. The van der Waals surface area contributed by atoms with Crippen molar-refractivity contribution >= 4 is 49.6 Å². The lowest BCUT2D eigenvalue weighted by Gasteiger charge is -2.11. The Morgan fingerprint density at radius 1 is 1.09 bits per heavy atom. The fourth-order valence-electron chi connectivity index (χ4n) is 2.45. The average molecular weight is 323 g/mol. The van der Waals surface area contributed by atoms with Crippen molar-refractivity contribution in [3.05, 3.63) is 42.2 Å². The molecule has 0 aliphatic rings. The maximum Gasteiger partial charge on any atom is 0.143 e. The predicted octanol–water partition coefficient (Wildman–Crippen LogP) is 3.57. The summed E-state index contributed by atoms with van der Waals surface area (Å²) in [7, 11) is 1.59. The molecule has 0 saturated heterocycles. The molecule has 0 radical (unpaired) electrons. The van der Waals surface area contributed by atoms with Gasteiger partial charge in [-0.1, -0.05) is 0 Å². The van der Waals surface area contributed by atoms with Crippen molar-refractivity contribution in [3.8, 4) is 5.75 Å². The van der Waals surface area contributed by atoms with Crippen molar-refractivity contribution in [2.45, 2.75) is 0 Å². The van der Waals surface area contributed by atoms with Gasteiger partial charge in [-0.25, -0.2) is 15.0 Å². The molecule has 2 aromatic heterocycles. The topological polar surface area (TPSA) is 86.0 Å². The number of nitrogens with zero attached hydrogens (tertiary/aromatic N) is 3. The van der Waals surface area contributed by atoms with Gasteiger partial charge < -0.3 is 15.8 Å². The first-order valence-corrected chi connectivity index (χ1v) is 7.81. The van der Waals surface area contributed by atoms with E-state index < -0.39 is 0 Å². The maximum absolute atomic E-state index is 6.01. The molecule has 2 aromatic carbocycles. The number of rotatable bonds is 3. The van der Waals surface area contributed by atoms with E-state index in [1.54, 1.807) is 18.4 Å². The fraction of sp³-hybridized carbons (Fsp3) is 0.0625. The summed E-state index contributed by atoms with van der Waals surface area (Å²) in [6.45, 7) is 0. The van der Waals surface area contributed by atoms with Crippen LogP contribution in [-0.2, 0) is 0 Å². The molecule has 0 atom stereocenters. The normalized spacial score (nSPS) is 11.0. The highest BCUT2D eigenvalue weighted by atomic mass is 32.1. The molecule has 0 spiro atoms. The first kappa shape index (κ1) is 13.7. The van der Waals surface area contributed by atoms with E-state index in [9.17, 15) is 0 Å². The number of thiazole rings is 1. The number of aromatic nitrogens is 3. The van der Waals surface area contributed by atoms with Crippen molar-refractivity contribution in [1.82, 2.24) is 15.0 Å². The number of nitrogens with one attached hydrogen (secondary N) is 1. The van der Waals surface area contributed by atoms with Crippen LogP contribution in [0.25, 0.3) is 21.1 Å². The molecule has 3 N–H and O–H groups in total. The molecule has 23 heavy (non-hydrogen) atoms. The van der Waals surface area contributed by atoms with E-state index in [0.29, 0.717) is 17.3 Å². The van der Waals surface area contributed by atoms with Gasteiger partial charge in [0.25, 0.3) is 0 Å². The lowest BCUT2D eigenvalue weighted by Crippen LogP contribution is -1.98. The lowest BCUT2D eigenvalue weighted by molar-refractivity contribution is 0.417. The Balaban J connectivity index is 1.80. The van der Waals surface area contributed by atoms with E-state index in [1.165, 1.54) is 6.33 Å². The van der Waals surface area contributed by atoms with Crippen LogP contribution in [0.4, 0.5) is 17.2 Å². The second-order valence-electron chi connectivity index (χ2n) is 4.99. The Hall–Kier alpha value is -2.93. The van der Waals surface area contributed by atoms with E-state index in [0.717, 1.165) is 26.8 Å². The fourth-order valence-corrected chi connectivity index (χ4v) is 3.16. The Morgan fingerprint density at radius 2 is 2.00 bits per heavy atom. The molecular weight excluding hydrogens is 310 g/mol. The third kappa shape index (κ3) is 2.40. The van der Waals surface area contributed by atoms with E-state index >= 15 is 0 Å². The summed E-state index contributed by atoms with van der Waals surface area (Å²) in [6.07, 6.45) is 1.52. The summed E-state index contributed by atoms with van der Waals surface area (Å²) >= 11 is 1.60. The minimum Gasteiger partial charge on any atom is -0.495 e. The average Bonchev–Trinajstić information content (AvgIpc) is 3.02. The van der Waals surface area contributed by atoms with Crippen LogP contribution in [0.3, 0.4) is 0 Å². The summed E-state index contributed by atoms with van der Waals surface area (Å²) in [4.78, 5) is 12.9.